The highest BCUT2D eigenvalue weighted by atomic mass is 35.5. The maximum atomic E-state index is 12.0. The number of rotatable bonds is 3. The van der Waals surface area contributed by atoms with Crippen molar-refractivity contribution in [1.82, 2.24) is 5.32 Å². The summed E-state index contributed by atoms with van der Waals surface area (Å²) in [5.41, 5.74) is -0.782. The van der Waals surface area contributed by atoms with Crippen LogP contribution in [0.2, 0.25) is 4.34 Å². The minimum absolute atomic E-state index is 0.0918. The Balaban J connectivity index is 2.02. The Morgan fingerprint density at radius 2 is 2.35 bits per heavy atom. The van der Waals surface area contributed by atoms with Gasteiger partial charge in [-0.05, 0) is 38.3 Å². The van der Waals surface area contributed by atoms with E-state index in [-0.39, 0.29) is 11.9 Å². The fraction of sp³-hybridized carbons (Fsp3) is 0.500. The van der Waals surface area contributed by atoms with Gasteiger partial charge in [0.05, 0.1) is 16.4 Å². The smallest absolute Gasteiger partial charge is 0.240 e. The van der Waals surface area contributed by atoms with Crippen molar-refractivity contribution >= 4 is 28.8 Å². The number of amides is 1. The van der Waals surface area contributed by atoms with Crippen LogP contribution in [0.3, 0.4) is 0 Å². The third-order valence-electron chi connectivity index (χ3n) is 3.22. The Labute approximate surface area is 109 Å². The van der Waals surface area contributed by atoms with Crippen LogP contribution in [0.5, 0.6) is 0 Å². The molecule has 1 saturated carbocycles. The van der Waals surface area contributed by atoms with Crippen LogP contribution in [-0.4, -0.2) is 5.91 Å². The average molecular weight is 269 g/mol. The number of nitrogens with one attached hydrogen (secondary N) is 1. The van der Waals surface area contributed by atoms with Gasteiger partial charge in [0.25, 0.3) is 0 Å². The minimum atomic E-state index is -0.782. The van der Waals surface area contributed by atoms with E-state index in [0.717, 1.165) is 11.3 Å². The molecule has 1 N–H and O–H groups in total. The molecule has 1 fully saturated rings. The first kappa shape index (κ1) is 12.4. The van der Waals surface area contributed by atoms with Gasteiger partial charge in [-0.25, -0.2) is 0 Å². The molecule has 5 heteroatoms. The van der Waals surface area contributed by atoms with Gasteiger partial charge in [-0.2, -0.15) is 5.26 Å². The van der Waals surface area contributed by atoms with Crippen LogP contribution < -0.4 is 5.32 Å². The van der Waals surface area contributed by atoms with Crippen LogP contribution in [0.1, 0.15) is 37.1 Å². The molecule has 0 aromatic carbocycles. The van der Waals surface area contributed by atoms with E-state index in [2.05, 4.69) is 11.4 Å². The molecule has 3 nitrogen and oxygen atoms in total. The van der Waals surface area contributed by atoms with Crippen LogP contribution in [0.4, 0.5) is 0 Å². The first-order chi connectivity index (χ1) is 8.07. The summed E-state index contributed by atoms with van der Waals surface area (Å²) in [6, 6.07) is 5.76. The Bertz CT molecular complexity index is 473. The van der Waals surface area contributed by atoms with Crippen LogP contribution in [-0.2, 0) is 4.79 Å². The van der Waals surface area contributed by atoms with Gasteiger partial charge in [-0.3, -0.25) is 4.79 Å². The van der Waals surface area contributed by atoms with Crippen molar-refractivity contribution in [1.29, 1.82) is 5.26 Å². The summed E-state index contributed by atoms with van der Waals surface area (Å²) in [4.78, 5) is 13.0. The van der Waals surface area contributed by atoms with E-state index in [1.165, 1.54) is 11.3 Å². The van der Waals surface area contributed by atoms with Gasteiger partial charge in [-0.1, -0.05) is 11.6 Å². The quantitative estimate of drug-likeness (QED) is 0.915. The summed E-state index contributed by atoms with van der Waals surface area (Å²) >= 11 is 7.30. The largest absolute Gasteiger partial charge is 0.347 e. The van der Waals surface area contributed by atoms with Crippen LogP contribution in [0, 0.1) is 16.7 Å². The van der Waals surface area contributed by atoms with E-state index < -0.39 is 5.41 Å². The fourth-order valence-corrected chi connectivity index (χ4v) is 2.95. The molecule has 0 bridgehead atoms. The van der Waals surface area contributed by atoms with Gasteiger partial charge < -0.3 is 5.32 Å². The van der Waals surface area contributed by atoms with Gasteiger partial charge >= 0.3 is 0 Å². The molecule has 2 rings (SSSR count). The van der Waals surface area contributed by atoms with Gasteiger partial charge in [0.15, 0.2) is 0 Å². The number of hydrogen-bond donors (Lipinski definition) is 1. The van der Waals surface area contributed by atoms with Gasteiger partial charge in [0.2, 0.25) is 5.91 Å². The Morgan fingerprint density at radius 3 is 2.76 bits per heavy atom. The highest BCUT2D eigenvalue weighted by molar-refractivity contribution is 7.16. The van der Waals surface area contributed by atoms with Gasteiger partial charge in [0.1, 0.15) is 5.41 Å². The first-order valence-electron chi connectivity index (χ1n) is 5.55. The SMILES string of the molecule is CC(NC(=O)C1(C#N)CCC1)c1ccc(Cl)s1. The summed E-state index contributed by atoms with van der Waals surface area (Å²) in [7, 11) is 0. The molecule has 0 radical (unpaired) electrons. The molecule has 1 aromatic heterocycles. The number of hydrogen-bond acceptors (Lipinski definition) is 3. The predicted molar refractivity (Wildman–Crippen MR) is 67.8 cm³/mol. The third kappa shape index (κ3) is 2.31. The summed E-state index contributed by atoms with van der Waals surface area (Å²) < 4.78 is 0.708. The maximum Gasteiger partial charge on any atom is 0.240 e. The van der Waals surface area contributed by atoms with E-state index in [0.29, 0.717) is 17.2 Å². The number of carbonyl (C=O) groups excluding carboxylic acids is 1. The van der Waals surface area contributed by atoms with Crippen molar-refractivity contribution in [2.75, 3.05) is 0 Å². The maximum absolute atomic E-state index is 12.0. The lowest BCUT2D eigenvalue weighted by Crippen LogP contribution is -2.45. The summed E-state index contributed by atoms with van der Waals surface area (Å²) in [5, 5.41) is 12.0. The van der Waals surface area contributed by atoms with E-state index >= 15 is 0 Å². The van der Waals surface area contributed by atoms with Crippen molar-refractivity contribution in [3.8, 4) is 6.07 Å². The molecule has 1 atom stereocenters. The highest BCUT2D eigenvalue weighted by Crippen LogP contribution is 2.41. The zero-order chi connectivity index (χ0) is 12.5. The lowest BCUT2D eigenvalue weighted by molar-refractivity contribution is -0.132. The standard InChI is InChI=1S/C12H13ClN2OS/c1-8(9-3-4-10(13)17-9)15-11(16)12(7-14)5-2-6-12/h3-4,8H,2,5-6H2,1H3,(H,15,16). The molecule has 17 heavy (non-hydrogen) atoms. The van der Waals surface area contributed by atoms with E-state index in [1.807, 2.05) is 19.1 Å². The molecule has 1 unspecified atom stereocenters. The van der Waals surface area contributed by atoms with Crippen LogP contribution >= 0.6 is 22.9 Å². The number of carbonyl (C=O) groups is 1. The molecule has 1 aliphatic rings. The normalized spacial score (nSPS) is 18.9. The zero-order valence-corrected chi connectivity index (χ0v) is 11.1. The summed E-state index contributed by atoms with van der Waals surface area (Å²) in [6.45, 7) is 1.91. The van der Waals surface area contributed by atoms with E-state index in [1.54, 1.807) is 0 Å². The molecular formula is C12H13ClN2OS. The Kier molecular flexibility index (Phi) is 3.41. The van der Waals surface area contributed by atoms with Gasteiger partial charge in [-0.15, -0.1) is 11.3 Å². The lowest BCUT2D eigenvalue weighted by Gasteiger charge is -2.34. The summed E-state index contributed by atoms with van der Waals surface area (Å²) in [6.07, 6.45) is 2.31. The first-order valence-corrected chi connectivity index (χ1v) is 6.74. The Morgan fingerprint density at radius 1 is 1.65 bits per heavy atom. The summed E-state index contributed by atoms with van der Waals surface area (Å²) in [5.74, 6) is -0.150. The zero-order valence-electron chi connectivity index (χ0n) is 9.50. The number of halogens is 1. The second-order valence-corrected chi connectivity index (χ2v) is 6.13. The molecule has 1 heterocycles. The molecule has 1 aliphatic carbocycles. The fourth-order valence-electron chi connectivity index (χ4n) is 1.89. The molecule has 90 valence electrons. The van der Waals surface area contributed by atoms with Crippen molar-refractivity contribution in [2.45, 2.75) is 32.2 Å². The average Bonchev–Trinajstić information content (AvgIpc) is 2.64. The third-order valence-corrected chi connectivity index (χ3v) is 4.64. The van der Waals surface area contributed by atoms with Crippen molar-refractivity contribution in [3.63, 3.8) is 0 Å². The molecule has 0 aliphatic heterocycles. The highest BCUT2D eigenvalue weighted by Gasteiger charge is 2.45. The van der Waals surface area contributed by atoms with Crippen LogP contribution in [0.25, 0.3) is 0 Å². The van der Waals surface area contributed by atoms with E-state index in [4.69, 9.17) is 16.9 Å². The molecule has 1 aromatic rings. The topological polar surface area (TPSA) is 52.9 Å². The monoisotopic (exact) mass is 268 g/mol. The molecule has 0 saturated heterocycles. The van der Waals surface area contributed by atoms with Crippen molar-refractivity contribution in [3.05, 3.63) is 21.3 Å². The minimum Gasteiger partial charge on any atom is -0.347 e. The molecular weight excluding hydrogens is 256 g/mol. The van der Waals surface area contributed by atoms with Crippen molar-refractivity contribution < 1.29 is 4.79 Å². The Hall–Kier alpha value is -1.05. The second kappa shape index (κ2) is 4.67. The number of nitriles is 1. The molecule has 1 amide bonds. The van der Waals surface area contributed by atoms with Gasteiger partial charge in [0, 0.05) is 4.88 Å². The van der Waals surface area contributed by atoms with E-state index in [9.17, 15) is 4.79 Å². The lowest BCUT2D eigenvalue weighted by atomic mass is 9.69. The second-order valence-electron chi connectivity index (χ2n) is 4.38. The van der Waals surface area contributed by atoms with Crippen LogP contribution in [0.15, 0.2) is 12.1 Å². The predicted octanol–water partition coefficient (Wildman–Crippen LogP) is 3.27. The number of nitrogens with zero attached hydrogens (tertiary/aromatic N) is 1. The number of thiophene rings is 1. The van der Waals surface area contributed by atoms with Crippen molar-refractivity contribution in [2.24, 2.45) is 5.41 Å². The molecule has 0 spiro atoms.